The molecule has 15 heavy (non-hydrogen) atoms. The molecule has 1 rings (SSSR count). The molecule has 1 unspecified atom stereocenters. The van der Waals surface area contributed by atoms with Gasteiger partial charge in [0.25, 0.3) is 0 Å². The molecular formula is C12H24N2S. The van der Waals surface area contributed by atoms with E-state index >= 15 is 0 Å². The van der Waals surface area contributed by atoms with Crippen molar-refractivity contribution >= 4 is 17.3 Å². The quantitative estimate of drug-likeness (QED) is 0.732. The molecule has 2 nitrogen and oxygen atoms in total. The van der Waals surface area contributed by atoms with Crippen LogP contribution in [0.3, 0.4) is 0 Å². The minimum absolute atomic E-state index is 0.443. The van der Waals surface area contributed by atoms with E-state index < -0.39 is 0 Å². The Morgan fingerprint density at radius 1 is 1.40 bits per heavy atom. The van der Waals surface area contributed by atoms with Crippen LogP contribution in [0, 0.1) is 0 Å². The van der Waals surface area contributed by atoms with Crippen molar-refractivity contribution in [3.05, 3.63) is 0 Å². The molecule has 1 fully saturated rings. The van der Waals surface area contributed by atoms with E-state index in [1.807, 2.05) is 0 Å². The third-order valence-corrected chi connectivity index (χ3v) is 3.37. The normalized spacial score (nSPS) is 22.7. The van der Waals surface area contributed by atoms with Gasteiger partial charge in [-0.05, 0) is 45.3 Å². The monoisotopic (exact) mass is 228 g/mol. The summed E-state index contributed by atoms with van der Waals surface area (Å²) in [6.07, 6.45) is 6.52. The van der Waals surface area contributed by atoms with E-state index in [-0.39, 0.29) is 0 Å². The summed E-state index contributed by atoms with van der Waals surface area (Å²) in [6.45, 7) is 7.69. The van der Waals surface area contributed by atoms with Gasteiger partial charge in [0.1, 0.15) is 0 Å². The Hall–Kier alpha value is -0.310. The minimum atomic E-state index is 0.443. The van der Waals surface area contributed by atoms with Crippen LogP contribution < -0.4 is 5.32 Å². The lowest BCUT2D eigenvalue weighted by Crippen LogP contribution is -2.47. The number of rotatable bonds is 2. The zero-order chi connectivity index (χ0) is 11.3. The van der Waals surface area contributed by atoms with Crippen molar-refractivity contribution in [1.29, 1.82) is 0 Å². The Morgan fingerprint density at radius 3 is 2.73 bits per heavy atom. The Labute approximate surface area is 99.4 Å². The van der Waals surface area contributed by atoms with Crippen LogP contribution in [0.2, 0.25) is 0 Å². The minimum Gasteiger partial charge on any atom is -0.360 e. The largest absolute Gasteiger partial charge is 0.360 e. The summed E-state index contributed by atoms with van der Waals surface area (Å²) in [5, 5.41) is 4.32. The molecule has 1 N–H and O–H groups in total. The molecule has 3 heteroatoms. The predicted molar refractivity (Wildman–Crippen MR) is 70.1 cm³/mol. The first-order valence-electron chi connectivity index (χ1n) is 6.22. The number of hydrogen-bond donors (Lipinski definition) is 1. The summed E-state index contributed by atoms with van der Waals surface area (Å²) in [4.78, 5) is 2.41. The molecule has 0 bridgehead atoms. The van der Waals surface area contributed by atoms with E-state index in [0.29, 0.717) is 12.1 Å². The Kier molecular flexibility index (Phi) is 5.37. The fourth-order valence-electron chi connectivity index (χ4n) is 2.20. The van der Waals surface area contributed by atoms with Crippen LogP contribution in [0.1, 0.15) is 52.9 Å². The van der Waals surface area contributed by atoms with Gasteiger partial charge in [-0.1, -0.05) is 19.8 Å². The molecule has 1 atom stereocenters. The van der Waals surface area contributed by atoms with Crippen LogP contribution in [-0.2, 0) is 0 Å². The van der Waals surface area contributed by atoms with Crippen molar-refractivity contribution in [3.63, 3.8) is 0 Å². The number of nitrogens with zero attached hydrogens (tertiary/aromatic N) is 1. The van der Waals surface area contributed by atoms with Gasteiger partial charge in [0.05, 0.1) is 0 Å². The highest BCUT2D eigenvalue weighted by Crippen LogP contribution is 2.19. The zero-order valence-corrected chi connectivity index (χ0v) is 11.1. The molecule has 0 saturated carbocycles. The summed E-state index contributed by atoms with van der Waals surface area (Å²) >= 11 is 5.47. The molecule has 0 aromatic heterocycles. The molecule has 1 heterocycles. The first-order chi connectivity index (χ1) is 7.15. The molecule has 0 radical (unpaired) electrons. The van der Waals surface area contributed by atoms with E-state index in [4.69, 9.17) is 12.2 Å². The SMILES string of the molecule is CCC1CCCCCN1C(=S)NC(C)C. The molecule has 1 aliphatic heterocycles. The van der Waals surface area contributed by atoms with Crippen LogP contribution in [-0.4, -0.2) is 28.6 Å². The maximum absolute atomic E-state index is 5.47. The highest BCUT2D eigenvalue weighted by molar-refractivity contribution is 7.80. The Bertz CT molecular complexity index is 204. The van der Waals surface area contributed by atoms with Crippen LogP contribution in [0.25, 0.3) is 0 Å². The molecule has 0 aliphatic carbocycles. The molecule has 0 aromatic rings. The van der Waals surface area contributed by atoms with Crippen LogP contribution in [0.15, 0.2) is 0 Å². The maximum atomic E-state index is 5.47. The smallest absolute Gasteiger partial charge is 0.169 e. The van der Waals surface area contributed by atoms with Crippen molar-refractivity contribution in [3.8, 4) is 0 Å². The summed E-state index contributed by atoms with van der Waals surface area (Å²) in [5.74, 6) is 0. The summed E-state index contributed by atoms with van der Waals surface area (Å²) in [6, 6.07) is 1.10. The third-order valence-electron chi connectivity index (χ3n) is 3.02. The van der Waals surface area contributed by atoms with Crippen LogP contribution >= 0.6 is 12.2 Å². The highest BCUT2D eigenvalue weighted by atomic mass is 32.1. The van der Waals surface area contributed by atoms with Gasteiger partial charge in [0.2, 0.25) is 0 Å². The highest BCUT2D eigenvalue weighted by Gasteiger charge is 2.21. The average Bonchev–Trinajstić information content (AvgIpc) is 2.40. The van der Waals surface area contributed by atoms with Crippen molar-refractivity contribution in [1.82, 2.24) is 10.2 Å². The fourth-order valence-corrected chi connectivity index (χ4v) is 2.68. The number of likely N-dealkylation sites (tertiary alicyclic amines) is 1. The lowest BCUT2D eigenvalue weighted by atomic mass is 10.1. The van der Waals surface area contributed by atoms with Crippen LogP contribution in [0.4, 0.5) is 0 Å². The van der Waals surface area contributed by atoms with E-state index in [1.54, 1.807) is 0 Å². The number of thiocarbonyl (C=S) groups is 1. The predicted octanol–water partition coefficient (Wildman–Crippen LogP) is 2.92. The van der Waals surface area contributed by atoms with E-state index in [2.05, 4.69) is 31.0 Å². The first kappa shape index (κ1) is 12.8. The summed E-state index contributed by atoms with van der Waals surface area (Å²) in [5.41, 5.74) is 0. The van der Waals surface area contributed by atoms with Gasteiger partial charge in [-0.15, -0.1) is 0 Å². The Morgan fingerprint density at radius 2 is 2.13 bits per heavy atom. The average molecular weight is 228 g/mol. The third kappa shape index (κ3) is 3.98. The zero-order valence-electron chi connectivity index (χ0n) is 10.3. The summed E-state index contributed by atoms with van der Waals surface area (Å²) < 4.78 is 0. The maximum Gasteiger partial charge on any atom is 0.169 e. The van der Waals surface area contributed by atoms with Crippen LogP contribution in [0.5, 0.6) is 0 Å². The molecule has 0 aromatic carbocycles. The van der Waals surface area contributed by atoms with Gasteiger partial charge < -0.3 is 10.2 Å². The van der Waals surface area contributed by atoms with Gasteiger partial charge in [-0.3, -0.25) is 0 Å². The molecule has 1 aliphatic rings. The first-order valence-corrected chi connectivity index (χ1v) is 6.63. The Balaban J connectivity index is 2.57. The lowest BCUT2D eigenvalue weighted by molar-refractivity contribution is 0.301. The van der Waals surface area contributed by atoms with Crippen molar-refractivity contribution in [2.24, 2.45) is 0 Å². The topological polar surface area (TPSA) is 15.3 Å². The second-order valence-electron chi connectivity index (χ2n) is 4.71. The molecule has 0 spiro atoms. The second-order valence-corrected chi connectivity index (χ2v) is 5.10. The number of hydrogen-bond acceptors (Lipinski definition) is 1. The molecule has 1 saturated heterocycles. The van der Waals surface area contributed by atoms with Crippen molar-refractivity contribution < 1.29 is 0 Å². The molecular weight excluding hydrogens is 204 g/mol. The van der Waals surface area contributed by atoms with E-state index in [9.17, 15) is 0 Å². The van der Waals surface area contributed by atoms with E-state index in [0.717, 1.165) is 11.7 Å². The molecule has 0 amide bonds. The van der Waals surface area contributed by atoms with Gasteiger partial charge >= 0.3 is 0 Å². The lowest BCUT2D eigenvalue weighted by Gasteiger charge is -2.32. The van der Waals surface area contributed by atoms with Crippen molar-refractivity contribution in [2.75, 3.05) is 6.54 Å². The van der Waals surface area contributed by atoms with Gasteiger partial charge in [0.15, 0.2) is 5.11 Å². The number of nitrogens with one attached hydrogen (secondary N) is 1. The standard InChI is InChI=1S/C12H24N2S/c1-4-11-8-6-5-7-9-14(11)12(15)13-10(2)3/h10-11H,4-9H2,1-3H3,(H,13,15). The van der Waals surface area contributed by atoms with Gasteiger partial charge in [-0.25, -0.2) is 0 Å². The van der Waals surface area contributed by atoms with Gasteiger partial charge in [-0.2, -0.15) is 0 Å². The van der Waals surface area contributed by atoms with E-state index in [1.165, 1.54) is 32.1 Å². The van der Waals surface area contributed by atoms with Crippen molar-refractivity contribution in [2.45, 2.75) is 65.0 Å². The van der Waals surface area contributed by atoms with Gasteiger partial charge in [0, 0.05) is 18.6 Å². The fraction of sp³-hybridized carbons (Fsp3) is 0.917. The molecule has 88 valence electrons. The summed E-state index contributed by atoms with van der Waals surface area (Å²) in [7, 11) is 0. The second kappa shape index (κ2) is 6.31.